The Labute approximate surface area is 96.8 Å². The molecule has 0 aliphatic heterocycles. The minimum absolute atomic E-state index is 0.0378. The Morgan fingerprint density at radius 3 is 2.75 bits per heavy atom. The highest BCUT2D eigenvalue weighted by Crippen LogP contribution is 2.40. The van der Waals surface area contributed by atoms with Gasteiger partial charge in [-0.25, -0.2) is 0 Å². The van der Waals surface area contributed by atoms with E-state index >= 15 is 0 Å². The third kappa shape index (κ3) is 2.96. The number of aliphatic hydroxyl groups excluding tert-OH is 1. The van der Waals surface area contributed by atoms with Gasteiger partial charge in [0, 0.05) is 0 Å². The zero-order chi connectivity index (χ0) is 12.2. The van der Waals surface area contributed by atoms with Gasteiger partial charge in [0.2, 0.25) is 11.2 Å². The molecule has 86 valence electrons. The van der Waals surface area contributed by atoms with Crippen molar-refractivity contribution in [3.63, 3.8) is 0 Å². The minimum Gasteiger partial charge on any atom is -0.502 e. The standard InChI is InChI=1S/C13H18N2O/c1-10-5-4-8-13(2,3)12(10)7-6-11(16)9-15-14/h6-7,9H,4-5,8H2,1-3H3/p+1/b7-6+,11-9+. The normalized spacial score (nSPS) is 21.2. The van der Waals surface area contributed by atoms with Gasteiger partial charge < -0.3 is 5.11 Å². The number of hydrogen-bond donors (Lipinski definition) is 1. The van der Waals surface area contributed by atoms with Crippen molar-refractivity contribution in [3.8, 4) is 0 Å². The van der Waals surface area contributed by atoms with E-state index in [1.54, 1.807) is 6.08 Å². The Morgan fingerprint density at radius 2 is 2.19 bits per heavy atom. The lowest BCUT2D eigenvalue weighted by Crippen LogP contribution is -2.19. The number of hydrogen-bond acceptors (Lipinski definition) is 2. The van der Waals surface area contributed by atoms with Gasteiger partial charge in [0.15, 0.2) is 4.98 Å². The van der Waals surface area contributed by atoms with Gasteiger partial charge in [-0.2, -0.15) is 0 Å². The monoisotopic (exact) mass is 219 g/mol. The average molecular weight is 219 g/mol. The maximum absolute atomic E-state index is 9.33. The van der Waals surface area contributed by atoms with E-state index in [9.17, 15) is 5.11 Å². The Balaban J connectivity index is 2.95. The lowest BCUT2D eigenvalue weighted by Gasteiger charge is -2.32. The first-order chi connectivity index (χ1) is 7.47. The summed E-state index contributed by atoms with van der Waals surface area (Å²) in [6.45, 7) is 6.57. The van der Waals surface area contributed by atoms with E-state index in [-0.39, 0.29) is 11.2 Å². The van der Waals surface area contributed by atoms with E-state index in [1.165, 1.54) is 24.0 Å². The average Bonchev–Trinajstić information content (AvgIpc) is 2.16. The highest BCUT2D eigenvalue weighted by Gasteiger charge is 2.26. The predicted molar refractivity (Wildman–Crippen MR) is 65.3 cm³/mol. The van der Waals surface area contributed by atoms with Gasteiger partial charge in [0.25, 0.3) is 0 Å². The maximum atomic E-state index is 9.33. The van der Waals surface area contributed by atoms with E-state index in [0.29, 0.717) is 0 Å². The molecule has 0 saturated carbocycles. The summed E-state index contributed by atoms with van der Waals surface area (Å²) in [7, 11) is 0. The van der Waals surface area contributed by atoms with Crippen LogP contribution < -0.4 is 0 Å². The first kappa shape index (κ1) is 12.5. The Hall–Kier alpha value is -1.56. The zero-order valence-electron chi connectivity index (χ0n) is 10.2. The van der Waals surface area contributed by atoms with Gasteiger partial charge >= 0.3 is 6.20 Å². The molecule has 0 heterocycles. The molecule has 0 aromatic carbocycles. The molecule has 1 aliphatic rings. The lowest BCUT2D eigenvalue weighted by atomic mass is 9.72. The van der Waals surface area contributed by atoms with E-state index < -0.39 is 0 Å². The number of diazo groups is 1. The second-order valence-corrected chi connectivity index (χ2v) is 4.93. The number of allylic oxidation sites excluding steroid dienone is 4. The molecule has 1 rings (SSSR count). The molecule has 0 amide bonds. The van der Waals surface area contributed by atoms with E-state index in [4.69, 9.17) is 5.39 Å². The van der Waals surface area contributed by atoms with E-state index in [2.05, 4.69) is 25.7 Å². The van der Waals surface area contributed by atoms with E-state index in [1.807, 2.05) is 6.08 Å². The molecule has 0 radical (unpaired) electrons. The first-order valence-electron chi connectivity index (χ1n) is 5.59. The van der Waals surface area contributed by atoms with Crippen LogP contribution in [0.1, 0.15) is 40.0 Å². The van der Waals surface area contributed by atoms with E-state index in [0.717, 1.165) is 12.6 Å². The van der Waals surface area contributed by atoms with Crippen LogP contribution in [0, 0.1) is 10.8 Å². The smallest absolute Gasteiger partial charge is 0.391 e. The summed E-state index contributed by atoms with van der Waals surface area (Å²) in [6, 6.07) is 0. The predicted octanol–water partition coefficient (Wildman–Crippen LogP) is 4.32. The SMILES string of the molecule is CC1=C(/C=C/C(O)=C\[N+]#N)C(C)(C)CCC1. The third-order valence-electron chi connectivity index (χ3n) is 3.15. The van der Waals surface area contributed by atoms with Gasteiger partial charge in [-0.1, -0.05) is 25.5 Å². The van der Waals surface area contributed by atoms with Crippen molar-refractivity contribution >= 4 is 0 Å². The summed E-state index contributed by atoms with van der Waals surface area (Å²) in [4.78, 5) is 2.78. The number of rotatable bonds is 2. The fourth-order valence-corrected chi connectivity index (χ4v) is 2.28. The fraction of sp³-hybridized carbons (Fsp3) is 0.538. The summed E-state index contributed by atoms with van der Waals surface area (Å²) >= 11 is 0. The van der Waals surface area contributed by atoms with Crippen LogP contribution >= 0.6 is 0 Å². The van der Waals surface area contributed by atoms with Gasteiger partial charge in [0.05, 0.1) is 0 Å². The summed E-state index contributed by atoms with van der Waals surface area (Å²) in [5, 5.41) is 17.6. The summed E-state index contributed by atoms with van der Waals surface area (Å²) < 4.78 is 0. The molecule has 0 spiro atoms. The van der Waals surface area contributed by atoms with Crippen molar-refractivity contribution in [1.29, 1.82) is 5.39 Å². The van der Waals surface area contributed by atoms with Gasteiger partial charge in [0.1, 0.15) is 0 Å². The Kier molecular flexibility index (Phi) is 3.89. The van der Waals surface area contributed by atoms with Crippen molar-refractivity contribution in [2.24, 2.45) is 5.41 Å². The van der Waals surface area contributed by atoms with Crippen LogP contribution in [-0.2, 0) is 0 Å². The molecule has 0 fully saturated rings. The van der Waals surface area contributed by atoms with Crippen molar-refractivity contribution in [2.45, 2.75) is 40.0 Å². The number of nitrogens with zero attached hydrogens (tertiary/aromatic N) is 2. The van der Waals surface area contributed by atoms with Crippen LogP contribution in [0.2, 0.25) is 0 Å². The van der Waals surface area contributed by atoms with Gasteiger partial charge in [-0.05, 0) is 43.3 Å². The van der Waals surface area contributed by atoms with Crippen LogP contribution in [0.3, 0.4) is 0 Å². The molecule has 0 atom stereocenters. The van der Waals surface area contributed by atoms with Crippen LogP contribution in [0.15, 0.2) is 35.3 Å². The van der Waals surface area contributed by atoms with Crippen molar-refractivity contribution < 1.29 is 5.11 Å². The van der Waals surface area contributed by atoms with Crippen LogP contribution in [-0.4, -0.2) is 5.11 Å². The molecule has 1 aliphatic carbocycles. The summed E-state index contributed by atoms with van der Waals surface area (Å²) in [6.07, 6.45) is 8.03. The second-order valence-electron chi connectivity index (χ2n) is 4.93. The van der Waals surface area contributed by atoms with Crippen molar-refractivity contribution in [1.82, 2.24) is 0 Å². The molecule has 0 aromatic heterocycles. The second kappa shape index (κ2) is 4.98. The molecular formula is C13H19N2O+. The van der Waals surface area contributed by atoms with Gasteiger partial charge in [-0.3, -0.25) is 0 Å². The Morgan fingerprint density at radius 1 is 1.50 bits per heavy atom. The molecule has 0 bridgehead atoms. The van der Waals surface area contributed by atoms with Crippen LogP contribution in [0.5, 0.6) is 0 Å². The Bertz CT molecular complexity index is 395. The molecule has 3 heteroatoms. The highest BCUT2D eigenvalue weighted by atomic mass is 16.3. The molecule has 0 unspecified atom stereocenters. The molecule has 3 nitrogen and oxygen atoms in total. The fourth-order valence-electron chi connectivity index (χ4n) is 2.28. The largest absolute Gasteiger partial charge is 0.502 e. The maximum Gasteiger partial charge on any atom is 0.391 e. The first-order valence-corrected chi connectivity index (χ1v) is 5.59. The molecule has 0 saturated heterocycles. The van der Waals surface area contributed by atoms with Crippen LogP contribution in [0.25, 0.3) is 4.98 Å². The zero-order valence-corrected chi connectivity index (χ0v) is 10.2. The van der Waals surface area contributed by atoms with Crippen molar-refractivity contribution in [3.05, 3.63) is 40.2 Å². The minimum atomic E-state index is -0.0378. The molecule has 0 aromatic rings. The highest BCUT2D eigenvalue weighted by molar-refractivity contribution is 5.35. The quantitative estimate of drug-likeness (QED) is 0.427. The third-order valence-corrected chi connectivity index (χ3v) is 3.15. The molecular weight excluding hydrogens is 200 g/mol. The van der Waals surface area contributed by atoms with Gasteiger partial charge in [-0.15, -0.1) is 0 Å². The number of aliphatic hydroxyl groups is 1. The molecule has 16 heavy (non-hydrogen) atoms. The van der Waals surface area contributed by atoms with Crippen molar-refractivity contribution in [2.75, 3.05) is 0 Å². The topological polar surface area (TPSA) is 48.4 Å². The summed E-state index contributed by atoms with van der Waals surface area (Å²) in [5.74, 6) is -0.0378. The lowest BCUT2D eigenvalue weighted by molar-refractivity contribution is 0.376. The molecule has 1 N–H and O–H groups in total. The summed E-state index contributed by atoms with van der Waals surface area (Å²) in [5.41, 5.74) is 2.81. The van der Waals surface area contributed by atoms with Crippen LogP contribution in [0.4, 0.5) is 0 Å².